The fraction of sp³-hybridized carbons (Fsp3) is 0.619. The molecule has 5 nitrogen and oxygen atoms in total. The van der Waals surface area contributed by atoms with E-state index in [1.165, 1.54) is 11.1 Å². The monoisotopic (exact) mass is 358 g/mol. The van der Waals surface area contributed by atoms with Gasteiger partial charge in [-0.1, -0.05) is 38.1 Å². The van der Waals surface area contributed by atoms with Gasteiger partial charge >= 0.3 is 0 Å². The Morgan fingerprint density at radius 3 is 2.69 bits per heavy atom. The van der Waals surface area contributed by atoms with Crippen molar-refractivity contribution in [3.8, 4) is 0 Å². The Labute approximate surface area is 158 Å². The van der Waals surface area contributed by atoms with Crippen LogP contribution in [0.4, 0.5) is 0 Å². The Bertz CT molecular complexity index is 624. The zero-order chi connectivity index (χ0) is 19.0. The van der Waals surface area contributed by atoms with Crippen LogP contribution in [0.5, 0.6) is 0 Å². The van der Waals surface area contributed by atoms with E-state index < -0.39 is 0 Å². The molecule has 1 saturated heterocycles. The van der Waals surface area contributed by atoms with Crippen molar-refractivity contribution in [3.63, 3.8) is 0 Å². The minimum atomic E-state index is -0.0182. The van der Waals surface area contributed by atoms with Crippen molar-refractivity contribution in [2.24, 2.45) is 4.99 Å². The Morgan fingerprint density at radius 1 is 1.27 bits per heavy atom. The third-order valence-corrected chi connectivity index (χ3v) is 4.92. The number of nitrogens with zero attached hydrogens (tertiary/aromatic N) is 2. The standard InChI is InChI=1S/C21H34N4O/c1-5-22-20(23-13-9-15-25-14-8-12-19(25)26)24-16-21(3,4)18-11-7-6-10-17(18)2/h6-7,10-11H,5,8-9,12-16H2,1-4H3,(H2,22,23,24). The van der Waals surface area contributed by atoms with Crippen molar-refractivity contribution in [1.29, 1.82) is 0 Å². The molecular formula is C21H34N4O. The van der Waals surface area contributed by atoms with Crippen molar-refractivity contribution in [2.75, 3.05) is 32.7 Å². The van der Waals surface area contributed by atoms with Gasteiger partial charge in [0.05, 0.1) is 6.54 Å². The first-order valence-electron chi connectivity index (χ1n) is 9.80. The normalized spacial score (nSPS) is 15.5. The molecular weight excluding hydrogens is 324 g/mol. The molecule has 0 unspecified atom stereocenters. The summed E-state index contributed by atoms with van der Waals surface area (Å²) in [5.41, 5.74) is 2.63. The van der Waals surface area contributed by atoms with Gasteiger partial charge in [-0.3, -0.25) is 9.79 Å². The van der Waals surface area contributed by atoms with Crippen molar-refractivity contribution in [2.45, 2.75) is 52.4 Å². The molecule has 1 aliphatic heterocycles. The molecule has 1 aromatic carbocycles. The van der Waals surface area contributed by atoms with Crippen LogP contribution in [0.15, 0.2) is 29.3 Å². The second-order valence-corrected chi connectivity index (χ2v) is 7.66. The molecule has 2 N–H and O–H groups in total. The predicted molar refractivity (Wildman–Crippen MR) is 109 cm³/mol. The summed E-state index contributed by atoms with van der Waals surface area (Å²) in [7, 11) is 0. The van der Waals surface area contributed by atoms with Gasteiger partial charge in [0.25, 0.3) is 0 Å². The molecule has 5 heteroatoms. The lowest BCUT2D eigenvalue weighted by Crippen LogP contribution is -2.40. The summed E-state index contributed by atoms with van der Waals surface area (Å²) in [5, 5.41) is 6.72. The molecule has 1 aliphatic rings. The van der Waals surface area contributed by atoms with E-state index in [0.29, 0.717) is 12.3 Å². The van der Waals surface area contributed by atoms with Gasteiger partial charge < -0.3 is 15.5 Å². The number of amides is 1. The Kier molecular flexibility index (Phi) is 7.49. The van der Waals surface area contributed by atoms with E-state index >= 15 is 0 Å². The zero-order valence-electron chi connectivity index (χ0n) is 16.8. The topological polar surface area (TPSA) is 56.7 Å². The number of guanidine groups is 1. The number of nitrogens with one attached hydrogen (secondary N) is 2. The van der Waals surface area contributed by atoms with Crippen LogP contribution < -0.4 is 10.6 Å². The van der Waals surface area contributed by atoms with Gasteiger partial charge in [-0.05, 0) is 37.8 Å². The number of aliphatic imine (C=N–C) groups is 1. The third kappa shape index (κ3) is 5.75. The number of carbonyl (C=O) groups is 1. The molecule has 0 aliphatic carbocycles. The number of hydrogen-bond acceptors (Lipinski definition) is 2. The summed E-state index contributed by atoms with van der Waals surface area (Å²) in [6.45, 7) is 12.8. The molecule has 26 heavy (non-hydrogen) atoms. The first-order chi connectivity index (χ1) is 12.4. The number of carbonyl (C=O) groups excluding carboxylic acids is 1. The molecule has 0 aromatic heterocycles. The Balaban J connectivity index is 1.87. The maximum Gasteiger partial charge on any atom is 0.222 e. The lowest BCUT2D eigenvalue weighted by atomic mass is 9.82. The summed E-state index contributed by atoms with van der Waals surface area (Å²) in [6.07, 6.45) is 2.66. The fourth-order valence-electron chi connectivity index (χ4n) is 3.45. The van der Waals surface area contributed by atoms with Crippen LogP contribution in [-0.2, 0) is 10.2 Å². The van der Waals surface area contributed by atoms with Gasteiger partial charge in [0, 0.05) is 38.0 Å². The maximum absolute atomic E-state index is 11.6. The largest absolute Gasteiger partial charge is 0.357 e. The second kappa shape index (κ2) is 9.60. The molecule has 144 valence electrons. The maximum atomic E-state index is 11.6. The molecule has 2 rings (SSSR count). The lowest BCUT2D eigenvalue weighted by Gasteiger charge is -2.26. The number of benzene rings is 1. The Hall–Kier alpha value is -2.04. The van der Waals surface area contributed by atoms with Crippen LogP contribution >= 0.6 is 0 Å². The van der Waals surface area contributed by atoms with Crippen LogP contribution in [0.25, 0.3) is 0 Å². The molecule has 1 fully saturated rings. The third-order valence-electron chi connectivity index (χ3n) is 4.92. The van der Waals surface area contributed by atoms with Gasteiger partial charge in [0.15, 0.2) is 5.96 Å². The van der Waals surface area contributed by atoms with Gasteiger partial charge in [-0.2, -0.15) is 0 Å². The molecule has 0 spiro atoms. The van der Waals surface area contributed by atoms with E-state index in [-0.39, 0.29) is 5.41 Å². The highest BCUT2D eigenvalue weighted by atomic mass is 16.2. The van der Waals surface area contributed by atoms with E-state index in [1.54, 1.807) is 0 Å². The average molecular weight is 359 g/mol. The SMILES string of the molecule is CCNC(=NCC(C)(C)c1ccccc1C)NCCCN1CCCC1=O. The second-order valence-electron chi connectivity index (χ2n) is 7.66. The molecule has 0 atom stereocenters. The van der Waals surface area contributed by atoms with E-state index in [9.17, 15) is 4.79 Å². The van der Waals surface area contributed by atoms with Crippen molar-refractivity contribution in [3.05, 3.63) is 35.4 Å². The highest BCUT2D eigenvalue weighted by molar-refractivity contribution is 5.80. The molecule has 0 saturated carbocycles. The van der Waals surface area contributed by atoms with Crippen LogP contribution in [0.2, 0.25) is 0 Å². The summed E-state index contributed by atoms with van der Waals surface area (Å²) >= 11 is 0. The summed E-state index contributed by atoms with van der Waals surface area (Å²) in [6, 6.07) is 8.52. The van der Waals surface area contributed by atoms with Crippen molar-refractivity contribution in [1.82, 2.24) is 15.5 Å². The van der Waals surface area contributed by atoms with Crippen LogP contribution in [0, 0.1) is 6.92 Å². The fourth-order valence-corrected chi connectivity index (χ4v) is 3.45. The van der Waals surface area contributed by atoms with E-state index in [0.717, 1.165) is 51.5 Å². The number of rotatable bonds is 8. The van der Waals surface area contributed by atoms with Gasteiger partial charge in [0.1, 0.15) is 0 Å². The summed E-state index contributed by atoms with van der Waals surface area (Å²) in [5.74, 6) is 1.15. The predicted octanol–water partition coefficient (Wildman–Crippen LogP) is 2.84. The number of aryl methyl sites for hydroxylation is 1. The van der Waals surface area contributed by atoms with Crippen LogP contribution in [0.3, 0.4) is 0 Å². The Morgan fingerprint density at radius 2 is 2.04 bits per heavy atom. The van der Waals surface area contributed by atoms with Gasteiger partial charge in [0.2, 0.25) is 5.91 Å². The summed E-state index contributed by atoms with van der Waals surface area (Å²) < 4.78 is 0. The minimum absolute atomic E-state index is 0.0182. The number of likely N-dealkylation sites (tertiary alicyclic amines) is 1. The smallest absolute Gasteiger partial charge is 0.222 e. The van der Waals surface area contributed by atoms with Crippen molar-refractivity contribution < 1.29 is 4.79 Å². The molecule has 1 heterocycles. The molecule has 0 radical (unpaired) electrons. The minimum Gasteiger partial charge on any atom is -0.357 e. The van der Waals surface area contributed by atoms with Crippen molar-refractivity contribution >= 4 is 11.9 Å². The van der Waals surface area contributed by atoms with E-state index in [1.807, 2.05) is 4.90 Å². The molecule has 1 aromatic rings. The lowest BCUT2D eigenvalue weighted by molar-refractivity contribution is -0.127. The first-order valence-corrected chi connectivity index (χ1v) is 9.80. The van der Waals surface area contributed by atoms with Crippen LogP contribution in [-0.4, -0.2) is 49.5 Å². The van der Waals surface area contributed by atoms with Gasteiger partial charge in [-0.15, -0.1) is 0 Å². The van der Waals surface area contributed by atoms with Crippen LogP contribution in [0.1, 0.15) is 51.2 Å². The van der Waals surface area contributed by atoms with Gasteiger partial charge in [-0.25, -0.2) is 0 Å². The highest BCUT2D eigenvalue weighted by Crippen LogP contribution is 2.26. The summed E-state index contributed by atoms with van der Waals surface area (Å²) in [4.78, 5) is 18.4. The molecule has 1 amide bonds. The molecule has 0 bridgehead atoms. The number of hydrogen-bond donors (Lipinski definition) is 2. The average Bonchev–Trinajstić information content (AvgIpc) is 3.01. The van der Waals surface area contributed by atoms with E-state index in [2.05, 4.69) is 62.6 Å². The van der Waals surface area contributed by atoms with E-state index in [4.69, 9.17) is 4.99 Å². The first kappa shape index (κ1) is 20.3. The highest BCUT2D eigenvalue weighted by Gasteiger charge is 2.22. The quantitative estimate of drug-likeness (QED) is 0.427. The zero-order valence-corrected chi connectivity index (χ0v) is 16.8.